The fraction of sp³-hybridized carbons (Fsp3) is 1.00. The highest BCUT2D eigenvalue weighted by molar-refractivity contribution is 7.91. The maximum Gasteiger partial charge on any atom is 0.151 e. The maximum atomic E-state index is 11.3. The average molecular weight is 219 g/mol. The van der Waals surface area contributed by atoms with Gasteiger partial charge in [0.05, 0.1) is 5.75 Å². The lowest BCUT2D eigenvalue weighted by Crippen LogP contribution is -2.34. The van der Waals surface area contributed by atoms with Crippen LogP contribution in [-0.4, -0.2) is 32.5 Å². The maximum absolute atomic E-state index is 11.3. The smallest absolute Gasteiger partial charge is 0.151 e. The van der Waals surface area contributed by atoms with Gasteiger partial charge in [-0.15, -0.1) is 0 Å². The van der Waals surface area contributed by atoms with Gasteiger partial charge in [-0.2, -0.15) is 0 Å². The molecule has 1 aliphatic rings. The van der Waals surface area contributed by atoms with E-state index in [1.807, 2.05) is 6.92 Å². The molecule has 4 heteroatoms. The van der Waals surface area contributed by atoms with Crippen molar-refractivity contribution in [3.8, 4) is 0 Å². The van der Waals surface area contributed by atoms with Crippen LogP contribution in [0.2, 0.25) is 0 Å². The molecule has 0 radical (unpaired) electrons. The third kappa shape index (κ3) is 4.96. The Morgan fingerprint density at radius 1 is 1.43 bits per heavy atom. The summed E-state index contributed by atoms with van der Waals surface area (Å²) in [7, 11) is -2.82. The van der Waals surface area contributed by atoms with E-state index in [2.05, 4.69) is 5.32 Å². The van der Waals surface area contributed by atoms with Gasteiger partial charge in [0.15, 0.2) is 9.84 Å². The fourth-order valence-corrected chi connectivity index (χ4v) is 2.61. The molecule has 0 heterocycles. The van der Waals surface area contributed by atoms with Crippen LogP contribution in [0.5, 0.6) is 0 Å². The lowest BCUT2D eigenvalue weighted by atomic mass is 10.3. The van der Waals surface area contributed by atoms with Crippen molar-refractivity contribution < 1.29 is 8.42 Å². The summed E-state index contributed by atoms with van der Waals surface area (Å²) in [6, 6.07) is 0.0960. The Bertz CT molecular complexity index is 257. The van der Waals surface area contributed by atoms with Crippen LogP contribution >= 0.6 is 0 Å². The summed E-state index contributed by atoms with van der Waals surface area (Å²) in [6.07, 6.45) is 3.93. The molecule has 84 valence electrons. The summed E-state index contributed by atoms with van der Waals surface area (Å²) >= 11 is 0. The van der Waals surface area contributed by atoms with Crippen molar-refractivity contribution in [2.24, 2.45) is 5.92 Å². The van der Waals surface area contributed by atoms with E-state index in [0.717, 1.165) is 12.5 Å². The zero-order chi connectivity index (χ0) is 10.6. The second-order valence-corrected chi connectivity index (χ2v) is 6.68. The van der Waals surface area contributed by atoms with Gasteiger partial charge in [-0.25, -0.2) is 8.42 Å². The van der Waals surface area contributed by atoms with Gasteiger partial charge in [0, 0.05) is 11.8 Å². The molecular weight excluding hydrogens is 198 g/mol. The van der Waals surface area contributed by atoms with E-state index in [4.69, 9.17) is 0 Å². The molecule has 0 bridgehead atoms. The number of nitrogens with one attached hydrogen (secondary N) is 1. The van der Waals surface area contributed by atoms with Crippen molar-refractivity contribution >= 4 is 9.84 Å². The highest BCUT2D eigenvalue weighted by Crippen LogP contribution is 2.31. The van der Waals surface area contributed by atoms with Crippen LogP contribution in [0.4, 0.5) is 0 Å². The van der Waals surface area contributed by atoms with Gasteiger partial charge in [0.2, 0.25) is 0 Å². The Morgan fingerprint density at radius 2 is 2.07 bits per heavy atom. The topological polar surface area (TPSA) is 46.2 Å². The third-order valence-corrected chi connectivity index (χ3v) is 4.57. The summed E-state index contributed by atoms with van der Waals surface area (Å²) in [5.74, 6) is 1.44. The lowest BCUT2D eigenvalue weighted by Gasteiger charge is -2.12. The van der Waals surface area contributed by atoms with Crippen molar-refractivity contribution in [3.63, 3.8) is 0 Å². The van der Waals surface area contributed by atoms with E-state index >= 15 is 0 Å². The first-order valence-corrected chi connectivity index (χ1v) is 7.29. The molecule has 0 saturated heterocycles. The molecule has 1 atom stereocenters. The molecule has 1 aliphatic carbocycles. The standard InChI is InChI=1S/C10H21NO2S/c1-3-14(12,13)8-9(2)11-7-6-10-4-5-10/h9-11H,3-8H2,1-2H3. The predicted octanol–water partition coefficient (Wildman–Crippen LogP) is 1.20. The van der Waals surface area contributed by atoms with Crippen LogP contribution in [0.1, 0.15) is 33.1 Å². The monoisotopic (exact) mass is 219 g/mol. The van der Waals surface area contributed by atoms with Crippen molar-refractivity contribution in [3.05, 3.63) is 0 Å². The van der Waals surface area contributed by atoms with Crippen LogP contribution in [0, 0.1) is 5.92 Å². The summed E-state index contributed by atoms with van der Waals surface area (Å²) in [5, 5.41) is 3.27. The normalized spacial score (nSPS) is 19.6. The molecule has 1 fully saturated rings. The van der Waals surface area contributed by atoms with E-state index < -0.39 is 9.84 Å². The second-order valence-electron chi connectivity index (χ2n) is 4.29. The van der Waals surface area contributed by atoms with Gasteiger partial charge < -0.3 is 5.32 Å². The van der Waals surface area contributed by atoms with Gasteiger partial charge >= 0.3 is 0 Å². The summed E-state index contributed by atoms with van der Waals surface area (Å²) in [4.78, 5) is 0. The molecule has 0 aromatic carbocycles. The van der Waals surface area contributed by atoms with Gasteiger partial charge in [-0.1, -0.05) is 19.8 Å². The van der Waals surface area contributed by atoms with Gasteiger partial charge in [-0.3, -0.25) is 0 Å². The number of hydrogen-bond acceptors (Lipinski definition) is 3. The van der Waals surface area contributed by atoms with E-state index in [9.17, 15) is 8.42 Å². The number of hydrogen-bond donors (Lipinski definition) is 1. The molecule has 1 unspecified atom stereocenters. The molecule has 1 rings (SSSR count). The minimum atomic E-state index is -2.82. The molecule has 1 N–H and O–H groups in total. The van der Waals surface area contributed by atoms with Gasteiger partial charge in [0.25, 0.3) is 0 Å². The van der Waals surface area contributed by atoms with Crippen LogP contribution in [-0.2, 0) is 9.84 Å². The van der Waals surface area contributed by atoms with Crippen LogP contribution in [0.3, 0.4) is 0 Å². The molecule has 0 amide bonds. The average Bonchev–Trinajstić information content (AvgIpc) is 2.87. The molecule has 1 saturated carbocycles. The summed E-state index contributed by atoms with van der Waals surface area (Å²) < 4.78 is 22.6. The minimum absolute atomic E-state index is 0.0960. The minimum Gasteiger partial charge on any atom is -0.313 e. The first-order valence-electron chi connectivity index (χ1n) is 5.47. The molecule has 0 aromatic rings. The SMILES string of the molecule is CCS(=O)(=O)CC(C)NCCC1CC1. The lowest BCUT2D eigenvalue weighted by molar-refractivity contribution is 0.537. The second kappa shape index (κ2) is 5.12. The molecule has 14 heavy (non-hydrogen) atoms. The highest BCUT2D eigenvalue weighted by Gasteiger charge is 2.21. The summed E-state index contributed by atoms with van der Waals surface area (Å²) in [5.41, 5.74) is 0. The quantitative estimate of drug-likeness (QED) is 0.700. The van der Waals surface area contributed by atoms with E-state index in [1.54, 1.807) is 6.92 Å². The molecule has 0 aromatic heterocycles. The zero-order valence-electron chi connectivity index (χ0n) is 9.12. The molecule has 3 nitrogen and oxygen atoms in total. The van der Waals surface area contributed by atoms with Crippen LogP contribution in [0.25, 0.3) is 0 Å². The first-order chi connectivity index (χ1) is 6.53. The number of rotatable bonds is 7. The third-order valence-electron chi connectivity index (χ3n) is 2.69. The zero-order valence-corrected chi connectivity index (χ0v) is 9.94. The predicted molar refractivity (Wildman–Crippen MR) is 59.1 cm³/mol. The van der Waals surface area contributed by atoms with E-state index in [-0.39, 0.29) is 17.5 Å². The van der Waals surface area contributed by atoms with Crippen LogP contribution in [0.15, 0.2) is 0 Å². The molecular formula is C10H21NO2S. The van der Waals surface area contributed by atoms with E-state index in [0.29, 0.717) is 0 Å². The molecule has 0 spiro atoms. The van der Waals surface area contributed by atoms with Crippen LogP contribution < -0.4 is 5.32 Å². The first kappa shape index (κ1) is 12.0. The van der Waals surface area contributed by atoms with Crippen molar-refractivity contribution in [2.75, 3.05) is 18.1 Å². The molecule has 0 aliphatic heterocycles. The largest absolute Gasteiger partial charge is 0.313 e. The van der Waals surface area contributed by atoms with Crippen molar-refractivity contribution in [2.45, 2.75) is 39.2 Å². The Kier molecular flexibility index (Phi) is 4.38. The number of sulfone groups is 1. The van der Waals surface area contributed by atoms with Gasteiger partial charge in [-0.05, 0) is 25.8 Å². The Balaban J connectivity index is 2.10. The van der Waals surface area contributed by atoms with Crippen molar-refractivity contribution in [1.29, 1.82) is 0 Å². The Morgan fingerprint density at radius 3 is 2.57 bits per heavy atom. The highest BCUT2D eigenvalue weighted by atomic mass is 32.2. The Labute approximate surface area is 87.2 Å². The van der Waals surface area contributed by atoms with E-state index in [1.165, 1.54) is 19.3 Å². The Hall–Kier alpha value is -0.0900. The van der Waals surface area contributed by atoms with Crippen molar-refractivity contribution in [1.82, 2.24) is 5.32 Å². The fourth-order valence-electron chi connectivity index (χ4n) is 1.50. The van der Waals surface area contributed by atoms with Gasteiger partial charge in [0.1, 0.15) is 0 Å². The summed E-state index contributed by atoms with van der Waals surface area (Å²) in [6.45, 7) is 4.61.